The third-order valence-corrected chi connectivity index (χ3v) is 5.26. The molecule has 0 aliphatic carbocycles. The lowest BCUT2D eigenvalue weighted by molar-refractivity contribution is -0.143. The van der Waals surface area contributed by atoms with Crippen molar-refractivity contribution < 1.29 is 29.4 Å². The van der Waals surface area contributed by atoms with Gasteiger partial charge < -0.3 is 54.8 Å². The number of aliphatic imine (C=N–C) groups is 1. The van der Waals surface area contributed by atoms with Crippen molar-refractivity contribution >= 4 is 29.7 Å². The Morgan fingerprint density at radius 3 is 1.67 bits per heavy atom. The number of carboxylic acid groups (broad SMARTS) is 1. The number of unbranched alkanes of at least 4 members (excludes halogenated alkanes) is 2. The smallest absolute Gasteiger partial charge is 0.328 e. The van der Waals surface area contributed by atoms with Gasteiger partial charge in [-0.3, -0.25) is 19.4 Å². The predicted octanol–water partition coefficient (Wildman–Crippen LogP) is -3.84. The van der Waals surface area contributed by atoms with Crippen LogP contribution in [-0.2, 0) is 19.2 Å². The summed E-state index contributed by atoms with van der Waals surface area (Å²) >= 11 is 0. The van der Waals surface area contributed by atoms with Gasteiger partial charge in [0.15, 0.2) is 5.96 Å². The van der Waals surface area contributed by atoms with Crippen LogP contribution in [0.5, 0.6) is 0 Å². The van der Waals surface area contributed by atoms with Crippen LogP contribution in [0.1, 0.15) is 51.4 Å². The molecule has 0 fully saturated rings. The number of amides is 3. The number of guanidine groups is 1. The van der Waals surface area contributed by atoms with E-state index < -0.39 is 54.5 Å². The Labute approximate surface area is 211 Å². The number of nitrogens with one attached hydrogen (secondary N) is 3. The Morgan fingerprint density at radius 1 is 0.722 bits per heavy atom. The fraction of sp³-hybridized carbons (Fsp3) is 0.762. The summed E-state index contributed by atoms with van der Waals surface area (Å²) in [6, 6.07) is -4.56. The van der Waals surface area contributed by atoms with E-state index in [1.165, 1.54) is 0 Å². The molecule has 208 valence electrons. The molecule has 0 aromatic rings. The van der Waals surface area contributed by atoms with Crippen LogP contribution in [0.15, 0.2) is 4.99 Å². The Kier molecular flexibility index (Phi) is 17.6. The number of aliphatic hydroxyl groups excluding tert-OH is 1. The molecule has 3 amide bonds. The molecule has 0 radical (unpaired) electrons. The first-order valence-corrected chi connectivity index (χ1v) is 12.0. The van der Waals surface area contributed by atoms with E-state index in [9.17, 15) is 24.3 Å². The molecule has 0 aliphatic heterocycles. The first-order chi connectivity index (χ1) is 17.1. The molecule has 0 saturated heterocycles. The van der Waals surface area contributed by atoms with Crippen molar-refractivity contribution in [2.75, 3.05) is 26.2 Å². The minimum absolute atomic E-state index is 0.0637. The Balaban J connectivity index is 5.47. The Hall–Kier alpha value is -3.01. The van der Waals surface area contributed by atoms with E-state index in [-0.39, 0.29) is 31.8 Å². The summed E-state index contributed by atoms with van der Waals surface area (Å²) in [5, 5.41) is 25.7. The van der Waals surface area contributed by atoms with E-state index in [0.29, 0.717) is 45.2 Å². The maximum atomic E-state index is 13.1. The number of carbonyl (C=O) groups excluding carboxylic acids is 3. The third-order valence-electron chi connectivity index (χ3n) is 5.26. The van der Waals surface area contributed by atoms with Crippen LogP contribution < -0.4 is 44.6 Å². The standard InChI is InChI=1S/C21H43N9O6/c22-9-3-1-6-13(24)17(32)28-14(7-2-4-10-23)18(33)29-15(8-5-11-27-21(25)26)19(34)30-16(12-31)20(35)36/h13-16,31H,1-12,22-24H2,(H,28,32)(H,29,33)(H,30,34)(H,35,36)(H4,25,26,27). The van der Waals surface area contributed by atoms with Gasteiger partial charge in [-0.15, -0.1) is 0 Å². The molecule has 4 atom stereocenters. The van der Waals surface area contributed by atoms with Gasteiger partial charge in [-0.05, 0) is 58.0 Å². The zero-order chi connectivity index (χ0) is 27.5. The molecular weight excluding hydrogens is 474 g/mol. The van der Waals surface area contributed by atoms with Crippen LogP contribution in [0.25, 0.3) is 0 Å². The van der Waals surface area contributed by atoms with E-state index >= 15 is 0 Å². The van der Waals surface area contributed by atoms with Gasteiger partial charge >= 0.3 is 5.97 Å². The molecule has 15 N–H and O–H groups in total. The number of nitrogens with two attached hydrogens (primary N) is 5. The molecule has 36 heavy (non-hydrogen) atoms. The highest BCUT2D eigenvalue weighted by atomic mass is 16.4. The third kappa shape index (κ3) is 14.4. The second-order valence-electron chi connectivity index (χ2n) is 8.33. The van der Waals surface area contributed by atoms with Crippen molar-refractivity contribution in [2.45, 2.75) is 75.5 Å². The summed E-state index contributed by atoms with van der Waals surface area (Å²) in [4.78, 5) is 53.4. The number of carboxylic acids is 1. The number of nitrogens with zero attached hydrogens (tertiary/aromatic N) is 1. The topological polar surface area (TPSA) is 287 Å². The first kappa shape index (κ1) is 33.0. The van der Waals surface area contributed by atoms with Crippen molar-refractivity contribution in [1.82, 2.24) is 16.0 Å². The zero-order valence-corrected chi connectivity index (χ0v) is 20.7. The maximum absolute atomic E-state index is 13.1. The van der Waals surface area contributed by atoms with E-state index in [0.717, 1.165) is 0 Å². The molecule has 0 saturated carbocycles. The highest BCUT2D eigenvalue weighted by molar-refractivity contribution is 5.94. The lowest BCUT2D eigenvalue weighted by atomic mass is 10.0. The maximum Gasteiger partial charge on any atom is 0.328 e. The number of rotatable bonds is 20. The SMILES string of the molecule is NCCCCC(N)C(=O)NC(CCCCN)C(=O)NC(CCCN=C(N)N)C(=O)NC(CO)C(=O)O. The predicted molar refractivity (Wildman–Crippen MR) is 134 cm³/mol. The van der Waals surface area contributed by atoms with Gasteiger partial charge in [0.2, 0.25) is 17.7 Å². The summed E-state index contributed by atoms with van der Waals surface area (Å²) in [6.45, 7) is 0.201. The van der Waals surface area contributed by atoms with Crippen molar-refractivity contribution in [2.24, 2.45) is 33.7 Å². The van der Waals surface area contributed by atoms with Crippen LogP contribution in [0, 0.1) is 0 Å². The van der Waals surface area contributed by atoms with Crippen molar-refractivity contribution in [1.29, 1.82) is 0 Å². The average Bonchev–Trinajstić information content (AvgIpc) is 2.83. The quantitative estimate of drug-likeness (QED) is 0.0423. The monoisotopic (exact) mass is 517 g/mol. The van der Waals surface area contributed by atoms with Crippen molar-refractivity contribution in [3.8, 4) is 0 Å². The zero-order valence-electron chi connectivity index (χ0n) is 20.7. The second kappa shape index (κ2) is 19.2. The molecule has 4 unspecified atom stereocenters. The number of hydrogen-bond donors (Lipinski definition) is 10. The minimum atomic E-state index is -1.55. The van der Waals surface area contributed by atoms with Gasteiger partial charge in [0, 0.05) is 6.54 Å². The summed E-state index contributed by atoms with van der Waals surface area (Å²) in [5.74, 6) is -3.56. The Bertz CT molecular complexity index is 718. The van der Waals surface area contributed by atoms with Gasteiger partial charge in [-0.1, -0.05) is 6.42 Å². The summed E-state index contributed by atoms with van der Waals surface area (Å²) in [6.07, 6.45) is 3.50. The number of aliphatic carboxylic acids is 1. The molecule has 0 rings (SSSR count). The Morgan fingerprint density at radius 2 is 1.19 bits per heavy atom. The minimum Gasteiger partial charge on any atom is -0.480 e. The molecule has 0 spiro atoms. The molecular formula is C21H43N9O6. The molecule has 0 bridgehead atoms. The highest BCUT2D eigenvalue weighted by Gasteiger charge is 2.29. The number of hydrogen-bond acceptors (Lipinski definition) is 9. The van der Waals surface area contributed by atoms with Gasteiger partial charge in [0.05, 0.1) is 12.6 Å². The average molecular weight is 518 g/mol. The fourth-order valence-corrected chi connectivity index (χ4v) is 3.18. The normalized spacial score (nSPS) is 14.1. The van der Waals surface area contributed by atoms with Crippen LogP contribution in [0.2, 0.25) is 0 Å². The molecule has 0 heterocycles. The van der Waals surface area contributed by atoms with E-state index in [1.54, 1.807) is 0 Å². The van der Waals surface area contributed by atoms with E-state index in [1.807, 2.05) is 0 Å². The molecule has 0 aliphatic rings. The van der Waals surface area contributed by atoms with Crippen molar-refractivity contribution in [3.05, 3.63) is 0 Å². The highest BCUT2D eigenvalue weighted by Crippen LogP contribution is 2.06. The lowest BCUT2D eigenvalue weighted by Gasteiger charge is -2.25. The number of aliphatic hydroxyl groups is 1. The van der Waals surface area contributed by atoms with Crippen molar-refractivity contribution in [3.63, 3.8) is 0 Å². The molecule has 15 heteroatoms. The van der Waals surface area contributed by atoms with Crippen LogP contribution >= 0.6 is 0 Å². The summed E-state index contributed by atoms with van der Waals surface area (Å²) in [5.41, 5.74) is 27.5. The van der Waals surface area contributed by atoms with E-state index in [4.69, 9.17) is 33.8 Å². The van der Waals surface area contributed by atoms with Gasteiger partial charge in [0.25, 0.3) is 0 Å². The van der Waals surface area contributed by atoms with Gasteiger partial charge in [-0.25, -0.2) is 4.79 Å². The second-order valence-corrected chi connectivity index (χ2v) is 8.33. The number of carbonyl (C=O) groups is 4. The van der Waals surface area contributed by atoms with Gasteiger partial charge in [-0.2, -0.15) is 0 Å². The van der Waals surface area contributed by atoms with Crippen LogP contribution in [0.3, 0.4) is 0 Å². The molecule has 0 aromatic heterocycles. The van der Waals surface area contributed by atoms with Crippen LogP contribution in [-0.4, -0.2) is 90.3 Å². The largest absolute Gasteiger partial charge is 0.480 e. The van der Waals surface area contributed by atoms with E-state index in [2.05, 4.69) is 20.9 Å². The summed E-state index contributed by atoms with van der Waals surface area (Å²) in [7, 11) is 0. The fourth-order valence-electron chi connectivity index (χ4n) is 3.18. The molecule has 15 nitrogen and oxygen atoms in total. The lowest BCUT2D eigenvalue weighted by Crippen LogP contribution is -2.57. The first-order valence-electron chi connectivity index (χ1n) is 12.0. The summed E-state index contributed by atoms with van der Waals surface area (Å²) < 4.78 is 0. The molecule has 0 aromatic carbocycles. The van der Waals surface area contributed by atoms with Gasteiger partial charge in [0.1, 0.15) is 18.1 Å². The van der Waals surface area contributed by atoms with Crippen LogP contribution in [0.4, 0.5) is 0 Å².